The molecule has 0 unspecified atom stereocenters. The van der Waals surface area contributed by atoms with Gasteiger partial charge in [-0.15, -0.1) is 22.7 Å². The van der Waals surface area contributed by atoms with Gasteiger partial charge in [-0.25, -0.2) is 4.98 Å². The molecule has 0 bridgehead atoms. The first-order valence-electron chi connectivity index (χ1n) is 7.08. The number of nitrogens with zero attached hydrogens (tertiary/aromatic N) is 1. The SMILES string of the molecule is CCCCNCc1sc(-c2cccs2)nc1CCC. The molecule has 4 heteroatoms. The van der Waals surface area contributed by atoms with Crippen LogP contribution in [0, 0.1) is 0 Å². The monoisotopic (exact) mass is 294 g/mol. The lowest BCUT2D eigenvalue weighted by Crippen LogP contribution is -2.14. The van der Waals surface area contributed by atoms with E-state index in [1.807, 2.05) is 11.3 Å². The summed E-state index contributed by atoms with van der Waals surface area (Å²) in [4.78, 5) is 7.54. The third kappa shape index (κ3) is 4.13. The van der Waals surface area contributed by atoms with Crippen molar-refractivity contribution in [2.75, 3.05) is 6.54 Å². The maximum absolute atomic E-state index is 4.83. The largest absolute Gasteiger partial charge is 0.312 e. The quantitative estimate of drug-likeness (QED) is 0.713. The van der Waals surface area contributed by atoms with Crippen LogP contribution in [0.2, 0.25) is 0 Å². The molecule has 0 saturated carbocycles. The summed E-state index contributed by atoms with van der Waals surface area (Å²) in [7, 11) is 0. The molecule has 0 aliphatic rings. The molecule has 104 valence electrons. The molecule has 1 N–H and O–H groups in total. The highest BCUT2D eigenvalue weighted by Crippen LogP contribution is 2.31. The number of rotatable bonds is 8. The van der Waals surface area contributed by atoms with Crippen molar-refractivity contribution in [3.63, 3.8) is 0 Å². The lowest BCUT2D eigenvalue weighted by atomic mass is 10.2. The van der Waals surface area contributed by atoms with Crippen LogP contribution in [0.4, 0.5) is 0 Å². The average Bonchev–Trinajstić information content (AvgIpc) is 3.04. The highest BCUT2D eigenvalue weighted by molar-refractivity contribution is 7.21. The van der Waals surface area contributed by atoms with Crippen molar-refractivity contribution in [1.82, 2.24) is 10.3 Å². The predicted molar refractivity (Wildman–Crippen MR) is 86.0 cm³/mol. The van der Waals surface area contributed by atoms with Gasteiger partial charge in [-0.2, -0.15) is 0 Å². The Bertz CT molecular complexity index is 474. The van der Waals surface area contributed by atoms with Crippen LogP contribution in [0.1, 0.15) is 43.7 Å². The number of aryl methyl sites for hydroxylation is 1. The van der Waals surface area contributed by atoms with Crippen LogP contribution in [0.3, 0.4) is 0 Å². The molecule has 2 rings (SSSR count). The molecular weight excluding hydrogens is 272 g/mol. The lowest BCUT2D eigenvalue weighted by molar-refractivity contribution is 0.641. The number of thiophene rings is 1. The zero-order valence-electron chi connectivity index (χ0n) is 11.7. The first kappa shape index (κ1) is 14.7. The Morgan fingerprint density at radius 3 is 2.84 bits per heavy atom. The van der Waals surface area contributed by atoms with Crippen LogP contribution < -0.4 is 5.32 Å². The van der Waals surface area contributed by atoms with Crippen molar-refractivity contribution in [3.8, 4) is 9.88 Å². The highest BCUT2D eigenvalue weighted by atomic mass is 32.1. The van der Waals surface area contributed by atoms with Gasteiger partial charge < -0.3 is 5.32 Å². The van der Waals surface area contributed by atoms with Crippen LogP contribution in [0.15, 0.2) is 17.5 Å². The van der Waals surface area contributed by atoms with Crippen LogP contribution >= 0.6 is 22.7 Å². The summed E-state index contributed by atoms with van der Waals surface area (Å²) in [5, 5.41) is 6.84. The normalized spacial score (nSPS) is 11.1. The topological polar surface area (TPSA) is 24.9 Å². The van der Waals surface area contributed by atoms with Crippen LogP contribution in [0.25, 0.3) is 9.88 Å². The van der Waals surface area contributed by atoms with Crippen LogP contribution in [0.5, 0.6) is 0 Å². The Balaban J connectivity index is 2.07. The van der Waals surface area contributed by atoms with Gasteiger partial charge in [0.25, 0.3) is 0 Å². The Labute approximate surface area is 123 Å². The third-order valence-corrected chi connectivity index (χ3v) is 5.13. The fourth-order valence-corrected chi connectivity index (χ4v) is 3.84. The van der Waals surface area contributed by atoms with E-state index in [0.717, 1.165) is 25.9 Å². The zero-order chi connectivity index (χ0) is 13.5. The predicted octanol–water partition coefficient (Wildman–Crippen LogP) is 4.71. The second-order valence-corrected chi connectivity index (χ2v) is 6.68. The van der Waals surface area contributed by atoms with E-state index in [0.29, 0.717) is 0 Å². The van der Waals surface area contributed by atoms with Gasteiger partial charge in [0, 0.05) is 11.4 Å². The number of thiazole rings is 1. The molecule has 0 aliphatic carbocycles. The van der Waals surface area contributed by atoms with Crippen molar-refractivity contribution in [3.05, 3.63) is 28.1 Å². The molecule has 0 amide bonds. The zero-order valence-corrected chi connectivity index (χ0v) is 13.4. The Morgan fingerprint density at radius 1 is 1.26 bits per heavy atom. The number of hydrogen-bond donors (Lipinski definition) is 1. The summed E-state index contributed by atoms with van der Waals surface area (Å²) in [6, 6.07) is 4.26. The number of aromatic nitrogens is 1. The summed E-state index contributed by atoms with van der Waals surface area (Å²) in [6.45, 7) is 6.52. The van der Waals surface area contributed by atoms with Crippen molar-refractivity contribution in [2.24, 2.45) is 0 Å². The second-order valence-electron chi connectivity index (χ2n) is 4.65. The smallest absolute Gasteiger partial charge is 0.133 e. The fraction of sp³-hybridized carbons (Fsp3) is 0.533. The average molecular weight is 294 g/mol. The second kappa shape index (κ2) is 7.78. The molecule has 0 fully saturated rings. The number of nitrogens with one attached hydrogen (secondary N) is 1. The molecule has 19 heavy (non-hydrogen) atoms. The van der Waals surface area contributed by atoms with E-state index in [1.165, 1.54) is 33.3 Å². The van der Waals surface area contributed by atoms with Crippen LogP contribution in [-0.4, -0.2) is 11.5 Å². The van der Waals surface area contributed by atoms with Crippen molar-refractivity contribution >= 4 is 22.7 Å². The summed E-state index contributed by atoms with van der Waals surface area (Å²) in [5.41, 5.74) is 1.29. The maximum Gasteiger partial charge on any atom is 0.133 e. The first-order chi connectivity index (χ1) is 9.35. The number of unbranched alkanes of at least 4 members (excludes halogenated alkanes) is 1. The van der Waals surface area contributed by atoms with E-state index >= 15 is 0 Å². The maximum atomic E-state index is 4.83. The van der Waals surface area contributed by atoms with E-state index in [-0.39, 0.29) is 0 Å². The molecule has 0 aromatic carbocycles. The molecule has 0 atom stereocenters. The third-order valence-electron chi connectivity index (χ3n) is 2.99. The summed E-state index contributed by atoms with van der Waals surface area (Å²) < 4.78 is 0. The van der Waals surface area contributed by atoms with Crippen molar-refractivity contribution in [2.45, 2.75) is 46.1 Å². The summed E-state index contributed by atoms with van der Waals surface area (Å²) in [6.07, 6.45) is 4.75. The molecule has 2 nitrogen and oxygen atoms in total. The Hall–Kier alpha value is -0.710. The molecule has 0 saturated heterocycles. The molecule has 0 spiro atoms. The Kier molecular flexibility index (Phi) is 6.01. The first-order valence-corrected chi connectivity index (χ1v) is 8.78. The van der Waals surface area contributed by atoms with E-state index < -0.39 is 0 Å². The molecule has 2 heterocycles. The Morgan fingerprint density at radius 2 is 2.16 bits per heavy atom. The van der Waals surface area contributed by atoms with Crippen molar-refractivity contribution < 1.29 is 0 Å². The van der Waals surface area contributed by atoms with Gasteiger partial charge >= 0.3 is 0 Å². The molecule has 0 aliphatic heterocycles. The van der Waals surface area contributed by atoms with Gasteiger partial charge in [0.15, 0.2) is 0 Å². The number of hydrogen-bond acceptors (Lipinski definition) is 4. The molecular formula is C15H22N2S2. The van der Waals surface area contributed by atoms with Gasteiger partial charge in [0.1, 0.15) is 5.01 Å². The van der Waals surface area contributed by atoms with Gasteiger partial charge in [0.2, 0.25) is 0 Å². The minimum Gasteiger partial charge on any atom is -0.312 e. The molecule has 2 aromatic heterocycles. The van der Waals surface area contributed by atoms with E-state index in [2.05, 4.69) is 36.7 Å². The van der Waals surface area contributed by atoms with Gasteiger partial charge in [-0.3, -0.25) is 0 Å². The van der Waals surface area contributed by atoms with Crippen molar-refractivity contribution in [1.29, 1.82) is 0 Å². The van der Waals surface area contributed by atoms with Gasteiger partial charge in [-0.1, -0.05) is 32.8 Å². The summed E-state index contributed by atoms with van der Waals surface area (Å²) in [5.74, 6) is 0. The minimum absolute atomic E-state index is 0.971. The molecule has 2 aromatic rings. The van der Waals surface area contributed by atoms with E-state index in [4.69, 9.17) is 4.98 Å². The van der Waals surface area contributed by atoms with Gasteiger partial charge in [-0.05, 0) is 30.8 Å². The van der Waals surface area contributed by atoms with Crippen LogP contribution in [-0.2, 0) is 13.0 Å². The van der Waals surface area contributed by atoms with E-state index in [9.17, 15) is 0 Å². The highest BCUT2D eigenvalue weighted by Gasteiger charge is 2.12. The summed E-state index contributed by atoms with van der Waals surface area (Å²) >= 11 is 3.63. The van der Waals surface area contributed by atoms with E-state index in [1.54, 1.807) is 11.3 Å². The lowest BCUT2D eigenvalue weighted by Gasteiger charge is -2.03. The fourth-order valence-electron chi connectivity index (χ4n) is 1.96. The minimum atomic E-state index is 0.971. The standard InChI is InChI=1S/C15H22N2S2/c1-3-5-9-16-11-14-12(7-4-2)17-15(19-14)13-8-6-10-18-13/h6,8,10,16H,3-5,7,9,11H2,1-2H3. The molecule has 0 radical (unpaired) electrons. The van der Waals surface area contributed by atoms with Gasteiger partial charge in [0.05, 0.1) is 10.6 Å².